The lowest BCUT2D eigenvalue weighted by molar-refractivity contribution is 0.102. The Labute approximate surface area is 199 Å². The summed E-state index contributed by atoms with van der Waals surface area (Å²) in [7, 11) is -4.46. The van der Waals surface area contributed by atoms with Gasteiger partial charge in [0.1, 0.15) is 0 Å². The van der Waals surface area contributed by atoms with Crippen molar-refractivity contribution in [3.8, 4) is 0 Å². The van der Waals surface area contributed by atoms with Gasteiger partial charge in [-0.1, -0.05) is 24.3 Å². The molecule has 0 saturated heterocycles. The number of hydrogen-bond donors (Lipinski definition) is 1. The second-order valence-corrected chi connectivity index (χ2v) is 12.1. The van der Waals surface area contributed by atoms with Crippen molar-refractivity contribution in [1.82, 2.24) is 4.31 Å². The van der Waals surface area contributed by atoms with Crippen LogP contribution in [0.3, 0.4) is 0 Å². The monoisotopic (exact) mass is 499 g/mol. The molecule has 0 aliphatic carbocycles. The Balaban J connectivity index is 1.59. The standard InChI is InChI=1S/C24H25N3O5S2/c1-26(2)33(29,30)22-14-11-19(12-15-22)24(28)25-20-13-10-18-7-6-16-27(23(18)17-20)34(31,32)21-8-4-3-5-9-21/h3-5,8-15,17H,6-7,16H2,1-2H3,(H,25,28). The van der Waals surface area contributed by atoms with Crippen molar-refractivity contribution in [3.05, 3.63) is 83.9 Å². The van der Waals surface area contributed by atoms with Gasteiger partial charge in [-0.25, -0.2) is 21.1 Å². The average Bonchev–Trinajstić information content (AvgIpc) is 2.84. The number of nitrogens with one attached hydrogen (secondary N) is 1. The lowest BCUT2D eigenvalue weighted by Gasteiger charge is -2.31. The van der Waals surface area contributed by atoms with Crippen LogP contribution in [0, 0.1) is 0 Å². The summed E-state index contributed by atoms with van der Waals surface area (Å²) in [6, 6.07) is 19.1. The molecule has 1 aliphatic heterocycles. The second-order valence-electron chi connectivity index (χ2n) is 8.10. The van der Waals surface area contributed by atoms with E-state index < -0.39 is 26.0 Å². The molecule has 1 aliphatic rings. The van der Waals surface area contributed by atoms with Crippen LogP contribution >= 0.6 is 0 Å². The molecule has 0 aromatic heterocycles. The van der Waals surface area contributed by atoms with Crippen LogP contribution in [-0.2, 0) is 26.5 Å². The van der Waals surface area contributed by atoms with Crippen molar-refractivity contribution in [1.29, 1.82) is 0 Å². The van der Waals surface area contributed by atoms with Crippen LogP contribution in [0.15, 0.2) is 82.6 Å². The van der Waals surface area contributed by atoms with Gasteiger partial charge in [0.25, 0.3) is 15.9 Å². The predicted molar refractivity (Wildman–Crippen MR) is 131 cm³/mol. The molecular formula is C24H25N3O5S2. The van der Waals surface area contributed by atoms with Crippen LogP contribution in [-0.4, -0.2) is 47.7 Å². The average molecular weight is 500 g/mol. The Morgan fingerprint density at radius 2 is 1.56 bits per heavy atom. The third-order valence-corrected chi connectivity index (χ3v) is 9.30. The molecule has 10 heteroatoms. The van der Waals surface area contributed by atoms with Crippen LogP contribution < -0.4 is 9.62 Å². The summed E-state index contributed by atoms with van der Waals surface area (Å²) in [6.07, 6.45) is 1.44. The third-order valence-electron chi connectivity index (χ3n) is 5.65. The molecule has 1 N–H and O–H groups in total. The van der Waals surface area contributed by atoms with Gasteiger partial charge in [-0.2, -0.15) is 0 Å². The van der Waals surface area contributed by atoms with Gasteiger partial charge in [0, 0.05) is 31.9 Å². The highest BCUT2D eigenvalue weighted by molar-refractivity contribution is 7.92. The zero-order chi connectivity index (χ0) is 24.5. The lowest BCUT2D eigenvalue weighted by atomic mass is 10.0. The Kier molecular flexibility index (Phi) is 6.48. The van der Waals surface area contributed by atoms with E-state index in [9.17, 15) is 21.6 Å². The number of anilines is 2. The minimum Gasteiger partial charge on any atom is -0.322 e. The first kappa shape index (κ1) is 23.9. The van der Waals surface area contributed by atoms with Gasteiger partial charge in [0.15, 0.2) is 0 Å². The Morgan fingerprint density at radius 1 is 0.882 bits per heavy atom. The lowest BCUT2D eigenvalue weighted by Crippen LogP contribution is -2.35. The maximum Gasteiger partial charge on any atom is 0.264 e. The zero-order valence-electron chi connectivity index (χ0n) is 18.8. The maximum atomic E-state index is 13.3. The van der Waals surface area contributed by atoms with E-state index in [-0.39, 0.29) is 15.4 Å². The number of carbonyl (C=O) groups is 1. The molecule has 1 amide bonds. The van der Waals surface area contributed by atoms with Crippen molar-refractivity contribution in [2.75, 3.05) is 30.3 Å². The summed E-state index contributed by atoms with van der Waals surface area (Å²) in [5.74, 6) is -0.429. The van der Waals surface area contributed by atoms with Crippen molar-refractivity contribution in [2.45, 2.75) is 22.6 Å². The van der Waals surface area contributed by atoms with E-state index in [0.717, 1.165) is 16.3 Å². The third kappa shape index (κ3) is 4.56. The summed E-state index contributed by atoms with van der Waals surface area (Å²) in [5, 5.41) is 2.78. The van der Waals surface area contributed by atoms with E-state index in [4.69, 9.17) is 0 Å². The molecule has 3 aromatic carbocycles. The van der Waals surface area contributed by atoms with E-state index in [2.05, 4.69) is 5.32 Å². The molecule has 3 aromatic rings. The molecule has 0 atom stereocenters. The van der Waals surface area contributed by atoms with Crippen LogP contribution in [0.2, 0.25) is 0 Å². The zero-order valence-corrected chi connectivity index (χ0v) is 20.4. The first-order chi connectivity index (χ1) is 16.1. The first-order valence-corrected chi connectivity index (χ1v) is 13.5. The fraction of sp³-hybridized carbons (Fsp3) is 0.208. The molecule has 0 radical (unpaired) electrons. The number of hydrogen-bond acceptors (Lipinski definition) is 5. The summed E-state index contributed by atoms with van der Waals surface area (Å²) in [4.78, 5) is 13.1. The minimum absolute atomic E-state index is 0.0876. The largest absolute Gasteiger partial charge is 0.322 e. The fourth-order valence-corrected chi connectivity index (χ4v) is 6.24. The molecule has 178 valence electrons. The second kappa shape index (κ2) is 9.21. The molecule has 0 bridgehead atoms. The predicted octanol–water partition coefficient (Wildman–Crippen LogP) is 3.33. The van der Waals surface area contributed by atoms with Crippen LogP contribution in [0.1, 0.15) is 22.3 Å². The van der Waals surface area contributed by atoms with Gasteiger partial charge in [0.2, 0.25) is 10.0 Å². The summed E-state index contributed by atoms with van der Waals surface area (Å²) < 4.78 is 53.4. The number of fused-ring (bicyclic) bond motifs is 1. The van der Waals surface area contributed by atoms with Crippen molar-refractivity contribution >= 4 is 37.3 Å². The number of amides is 1. The van der Waals surface area contributed by atoms with Crippen molar-refractivity contribution in [2.24, 2.45) is 0 Å². The van der Waals surface area contributed by atoms with Gasteiger partial charge in [-0.15, -0.1) is 0 Å². The van der Waals surface area contributed by atoms with Crippen LogP contribution in [0.25, 0.3) is 0 Å². The Hall–Kier alpha value is -3.21. The molecule has 4 rings (SSSR count). The molecule has 0 fully saturated rings. The van der Waals surface area contributed by atoms with Gasteiger partial charge in [-0.3, -0.25) is 9.10 Å². The topological polar surface area (TPSA) is 104 Å². The fourth-order valence-electron chi connectivity index (χ4n) is 3.78. The SMILES string of the molecule is CN(C)S(=O)(=O)c1ccc(C(=O)Nc2ccc3c(c2)N(S(=O)(=O)c2ccccc2)CCC3)cc1. The molecule has 1 heterocycles. The molecule has 0 spiro atoms. The highest BCUT2D eigenvalue weighted by atomic mass is 32.2. The van der Waals surface area contributed by atoms with Crippen LogP contribution in [0.5, 0.6) is 0 Å². The minimum atomic E-state index is -3.74. The highest BCUT2D eigenvalue weighted by Crippen LogP contribution is 2.34. The van der Waals surface area contributed by atoms with Crippen molar-refractivity contribution < 1.29 is 21.6 Å². The van der Waals surface area contributed by atoms with Gasteiger partial charge in [0.05, 0.1) is 15.5 Å². The van der Waals surface area contributed by atoms with Gasteiger partial charge < -0.3 is 5.32 Å². The quantitative estimate of drug-likeness (QED) is 0.560. The van der Waals surface area contributed by atoms with Crippen molar-refractivity contribution in [3.63, 3.8) is 0 Å². The molecular weight excluding hydrogens is 474 g/mol. The summed E-state index contributed by atoms with van der Waals surface area (Å²) in [6.45, 7) is 0.351. The number of carbonyl (C=O) groups excluding carboxylic acids is 1. The van der Waals surface area contributed by atoms with E-state index in [1.807, 2.05) is 6.07 Å². The normalized spacial score (nSPS) is 14.0. The van der Waals surface area contributed by atoms with E-state index in [1.165, 1.54) is 42.7 Å². The number of rotatable bonds is 6. The molecule has 8 nitrogen and oxygen atoms in total. The maximum absolute atomic E-state index is 13.3. The van der Waals surface area contributed by atoms with E-state index >= 15 is 0 Å². The van der Waals surface area contributed by atoms with Gasteiger partial charge in [-0.05, 0) is 66.9 Å². The number of sulfonamides is 2. The molecule has 0 unspecified atom stereocenters. The summed E-state index contributed by atoms with van der Waals surface area (Å²) in [5.41, 5.74) is 2.16. The van der Waals surface area contributed by atoms with E-state index in [1.54, 1.807) is 42.5 Å². The number of benzene rings is 3. The van der Waals surface area contributed by atoms with Gasteiger partial charge >= 0.3 is 0 Å². The molecule has 34 heavy (non-hydrogen) atoms. The summed E-state index contributed by atoms with van der Waals surface area (Å²) >= 11 is 0. The Bertz CT molecular complexity index is 1420. The number of aryl methyl sites for hydroxylation is 1. The number of nitrogens with zero attached hydrogens (tertiary/aromatic N) is 2. The van der Waals surface area contributed by atoms with E-state index in [0.29, 0.717) is 24.3 Å². The Morgan fingerprint density at radius 3 is 2.21 bits per heavy atom. The smallest absolute Gasteiger partial charge is 0.264 e. The van der Waals surface area contributed by atoms with Crippen LogP contribution in [0.4, 0.5) is 11.4 Å². The highest BCUT2D eigenvalue weighted by Gasteiger charge is 2.29. The molecule has 0 saturated carbocycles. The first-order valence-electron chi connectivity index (χ1n) is 10.7.